The summed E-state index contributed by atoms with van der Waals surface area (Å²) in [5, 5.41) is 0. The Bertz CT molecular complexity index is 150. The van der Waals surface area contributed by atoms with Crippen molar-refractivity contribution >= 4 is 0 Å². The average Bonchev–Trinajstić information content (AvgIpc) is 2.44. The van der Waals surface area contributed by atoms with Gasteiger partial charge in [-0.1, -0.05) is 117 Å². The van der Waals surface area contributed by atoms with E-state index in [1.165, 1.54) is 96.3 Å². The Morgan fingerprint density at radius 2 is 0.895 bits per heavy atom. The zero-order valence-corrected chi connectivity index (χ0v) is 14.2. The average molecular weight is 269 g/mol. The summed E-state index contributed by atoms with van der Waals surface area (Å²) in [6.45, 7) is 6.98. The lowest BCUT2D eigenvalue weighted by Crippen LogP contribution is -1.98. The minimum absolute atomic E-state index is 1.02. The van der Waals surface area contributed by atoms with Crippen molar-refractivity contribution in [3.8, 4) is 0 Å². The van der Waals surface area contributed by atoms with E-state index in [-0.39, 0.29) is 0 Å². The molecule has 0 N–H and O–H groups in total. The predicted octanol–water partition coefficient (Wildman–Crippen LogP) is 7.51. The van der Waals surface area contributed by atoms with E-state index in [1.807, 2.05) is 0 Å². The fourth-order valence-corrected chi connectivity index (χ4v) is 2.97. The molecule has 1 unspecified atom stereocenters. The van der Waals surface area contributed by atoms with E-state index in [9.17, 15) is 0 Å². The first-order valence-corrected chi connectivity index (χ1v) is 9.35. The molecule has 116 valence electrons. The van der Waals surface area contributed by atoms with E-state index in [1.54, 1.807) is 0 Å². The number of hydrogen-bond acceptors (Lipinski definition) is 0. The molecular weight excluding hydrogens is 228 g/mol. The SMILES string of the molecule is CCCCCCCCCCCCC(CC)CCCC. The molecule has 0 aliphatic carbocycles. The fourth-order valence-electron chi connectivity index (χ4n) is 2.97. The molecule has 0 aliphatic rings. The smallest absolute Gasteiger partial charge is 0.0417 e. The molecule has 0 aromatic carbocycles. The van der Waals surface area contributed by atoms with Gasteiger partial charge in [-0.2, -0.15) is 0 Å². The van der Waals surface area contributed by atoms with Crippen LogP contribution in [0, 0.1) is 5.92 Å². The molecule has 1 atom stereocenters. The van der Waals surface area contributed by atoms with Crippen LogP contribution in [0.15, 0.2) is 0 Å². The number of unbranched alkanes of at least 4 members (excludes halogenated alkanes) is 10. The van der Waals surface area contributed by atoms with E-state index in [4.69, 9.17) is 0 Å². The molecule has 0 radical (unpaired) electrons. The maximum atomic E-state index is 2.37. The van der Waals surface area contributed by atoms with E-state index < -0.39 is 0 Å². The molecule has 0 aromatic rings. The van der Waals surface area contributed by atoms with Gasteiger partial charge in [0.2, 0.25) is 0 Å². The van der Waals surface area contributed by atoms with Crippen LogP contribution >= 0.6 is 0 Å². The number of hydrogen-bond donors (Lipinski definition) is 0. The second-order valence-electron chi connectivity index (χ2n) is 6.39. The van der Waals surface area contributed by atoms with Gasteiger partial charge in [0.1, 0.15) is 0 Å². The van der Waals surface area contributed by atoms with Crippen LogP contribution in [0.2, 0.25) is 0 Å². The highest BCUT2D eigenvalue weighted by atomic mass is 14.1. The van der Waals surface area contributed by atoms with E-state index >= 15 is 0 Å². The molecular formula is C19H40. The van der Waals surface area contributed by atoms with E-state index in [0.717, 1.165) is 5.92 Å². The van der Waals surface area contributed by atoms with Crippen molar-refractivity contribution in [1.29, 1.82) is 0 Å². The molecule has 0 fully saturated rings. The molecule has 0 nitrogen and oxygen atoms in total. The third-order valence-corrected chi connectivity index (χ3v) is 4.51. The van der Waals surface area contributed by atoms with Crippen molar-refractivity contribution in [2.24, 2.45) is 5.92 Å². The standard InChI is InChI=1S/C19H40/c1-4-7-9-10-11-12-13-14-15-16-18-19(6-3)17-8-5-2/h19H,4-18H2,1-3H3. The summed E-state index contributed by atoms with van der Waals surface area (Å²) < 4.78 is 0. The van der Waals surface area contributed by atoms with Crippen LogP contribution in [0.4, 0.5) is 0 Å². The Hall–Kier alpha value is 0. The van der Waals surface area contributed by atoms with Crippen molar-refractivity contribution < 1.29 is 0 Å². The van der Waals surface area contributed by atoms with Crippen LogP contribution < -0.4 is 0 Å². The van der Waals surface area contributed by atoms with Crippen LogP contribution in [0.3, 0.4) is 0 Å². The Balaban J connectivity index is 3.16. The zero-order chi connectivity index (χ0) is 14.2. The van der Waals surface area contributed by atoms with Crippen LogP contribution in [-0.4, -0.2) is 0 Å². The maximum absolute atomic E-state index is 2.37. The van der Waals surface area contributed by atoms with Gasteiger partial charge < -0.3 is 0 Å². The van der Waals surface area contributed by atoms with Gasteiger partial charge in [-0.25, -0.2) is 0 Å². The molecule has 19 heavy (non-hydrogen) atoms. The highest BCUT2D eigenvalue weighted by Gasteiger charge is 2.04. The third kappa shape index (κ3) is 14.2. The van der Waals surface area contributed by atoms with Crippen molar-refractivity contribution in [3.63, 3.8) is 0 Å². The van der Waals surface area contributed by atoms with Gasteiger partial charge >= 0.3 is 0 Å². The Morgan fingerprint density at radius 1 is 0.474 bits per heavy atom. The molecule has 0 aromatic heterocycles. The first-order chi connectivity index (χ1) is 9.35. The normalized spacial score (nSPS) is 12.8. The number of rotatable bonds is 15. The summed E-state index contributed by atoms with van der Waals surface area (Å²) >= 11 is 0. The van der Waals surface area contributed by atoms with Crippen LogP contribution in [0.5, 0.6) is 0 Å². The molecule has 0 rings (SSSR count). The van der Waals surface area contributed by atoms with E-state index in [0.29, 0.717) is 0 Å². The van der Waals surface area contributed by atoms with Crippen molar-refractivity contribution in [2.75, 3.05) is 0 Å². The molecule has 0 bridgehead atoms. The summed E-state index contributed by atoms with van der Waals surface area (Å²) in [4.78, 5) is 0. The topological polar surface area (TPSA) is 0 Å². The zero-order valence-electron chi connectivity index (χ0n) is 14.2. The summed E-state index contributed by atoms with van der Waals surface area (Å²) in [6.07, 6.45) is 21.8. The van der Waals surface area contributed by atoms with Gasteiger partial charge in [-0.3, -0.25) is 0 Å². The molecule has 0 amide bonds. The summed E-state index contributed by atoms with van der Waals surface area (Å²) in [5.41, 5.74) is 0. The van der Waals surface area contributed by atoms with Gasteiger partial charge in [0, 0.05) is 0 Å². The Kier molecular flexibility index (Phi) is 16.1. The van der Waals surface area contributed by atoms with Gasteiger partial charge in [0.25, 0.3) is 0 Å². The van der Waals surface area contributed by atoms with Crippen LogP contribution in [-0.2, 0) is 0 Å². The quantitative estimate of drug-likeness (QED) is 0.269. The van der Waals surface area contributed by atoms with Crippen molar-refractivity contribution in [3.05, 3.63) is 0 Å². The predicted molar refractivity (Wildman–Crippen MR) is 89.8 cm³/mol. The van der Waals surface area contributed by atoms with E-state index in [2.05, 4.69) is 20.8 Å². The largest absolute Gasteiger partial charge is 0.0654 e. The summed E-state index contributed by atoms with van der Waals surface area (Å²) in [5.74, 6) is 1.02. The molecule has 0 aliphatic heterocycles. The minimum atomic E-state index is 1.02. The lowest BCUT2D eigenvalue weighted by molar-refractivity contribution is 0.399. The maximum Gasteiger partial charge on any atom is -0.0417 e. The molecule has 0 heteroatoms. The first kappa shape index (κ1) is 19.0. The first-order valence-electron chi connectivity index (χ1n) is 9.35. The van der Waals surface area contributed by atoms with Crippen LogP contribution in [0.1, 0.15) is 117 Å². The summed E-state index contributed by atoms with van der Waals surface area (Å²) in [7, 11) is 0. The Labute approximate surface area is 123 Å². The molecule has 0 saturated carbocycles. The van der Waals surface area contributed by atoms with Gasteiger partial charge in [-0.15, -0.1) is 0 Å². The van der Waals surface area contributed by atoms with Gasteiger partial charge in [-0.05, 0) is 5.92 Å². The third-order valence-electron chi connectivity index (χ3n) is 4.51. The van der Waals surface area contributed by atoms with Gasteiger partial charge in [0.05, 0.1) is 0 Å². The van der Waals surface area contributed by atoms with Crippen molar-refractivity contribution in [1.82, 2.24) is 0 Å². The summed E-state index contributed by atoms with van der Waals surface area (Å²) in [6, 6.07) is 0. The monoisotopic (exact) mass is 268 g/mol. The second-order valence-corrected chi connectivity index (χ2v) is 6.39. The van der Waals surface area contributed by atoms with Crippen molar-refractivity contribution in [2.45, 2.75) is 117 Å². The highest BCUT2D eigenvalue weighted by Crippen LogP contribution is 2.20. The Morgan fingerprint density at radius 3 is 1.37 bits per heavy atom. The molecule has 0 spiro atoms. The minimum Gasteiger partial charge on any atom is -0.0654 e. The fraction of sp³-hybridized carbons (Fsp3) is 1.00. The second kappa shape index (κ2) is 16.1. The molecule has 0 heterocycles. The highest BCUT2D eigenvalue weighted by molar-refractivity contribution is 4.58. The molecule has 0 saturated heterocycles. The van der Waals surface area contributed by atoms with Crippen LogP contribution in [0.25, 0.3) is 0 Å². The lowest BCUT2D eigenvalue weighted by Gasteiger charge is -2.13. The van der Waals surface area contributed by atoms with Gasteiger partial charge in [0.15, 0.2) is 0 Å². The lowest BCUT2D eigenvalue weighted by atomic mass is 9.93.